The maximum absolute atomic E-state index is 13.7. The Kier molecular flexibility index (Phi) is 4.77. The number of aromatic nitrogens is 4. The molecule has 0 bridgehead atoms. The molecule has 0 aliphatic rings. The smallest absolute Gasteiger partial charge is 0.323 e. The van der Waals surface area contributed by atoms with Gasteiger partial charge in [0.2, 0.25) is 5.91 Å². The van der Waals surface area contributed by atoms with Crippen molar-refractivity contribution in [3.05, 3.63) is 51.8 Å². The Morgan fingerprint density at radius 3 is 2.63 bits per heavy atom. The van der Waals surface area contributed by atoms with Crippen LogP contribution >= 0.6 is 11.6 Å². The second-order valence-corrected chi connectivity index (χ2v) is 6.19. The Labute approximate surface area is 155 Å². The summed E-state index contributed by atoms with van der Waals surface area (Å²) in [6.07, 6.45) is -4.95. The number of alkyl halides is 3. The van der Waals surface area contributed by atoms with Crippen LogP contribution < -0.4 is 5.32 Å². The second-order valence-electron chi connectivity index (χ2n) is 5.76. The third-order valence-corrected chi connectivity index (χ3v) is 4.08. The van der Waals surface area contributed by atoms with Gasteiger partial charge in [-0.05, 0) is 32.0 Å². The zero-order valence-electron chi connectivity index (χ0n) is 14.0. The first-order valence-electron chi connectivity index (χ1n) is 7.61. The van der Waals surface area contributed by atoms with E-state index in [1.54, 1.807) is 0 Å². The fourth-order valence-corrected chi connectivity index (χ4v) is 2.70. The number of nitrogens with zero attached hydrogens (tertiary/aromatic N) is 4. The Morgan fingerprint density at radius 2 is 1.96 bits per heavy atom. The number of anilines is 1. The molecule has 11 heteroatoms. The molecule has 2 heterocycles. The van der Waals surface area contributed by atoms with E-state index in [1.165, 1.54) is 26.0 Å². The topological polar surface area (TPSA) is 72.2 Å². The largest absolute Gasteiger partial charge is 0.453 e. The molecule has 3 aromatic rings. The lowest BCUT2D eigenvalue weighted by Gasteiger charge is -2.11. The van der Waals surface area contributed by atoms with Gasteiger partial charge >= 0.3 is 6.18 Å². The number of hydrogen-bond donors (Lipinski definition) is 1. The summed E-state index contributed by atoms with van der Waals surface area (Å²) in [4.78, 5) is 19.6. The van der Waals surface area contributed by atoms with Gasteiger partial charge in [0.1, 0.15) is 5.82 Å². The highest BCUT2D eigenvalue weighted by Gasteiger charge is 2.37. The van der Waals surface area contributed by atoms with Crippen LogP contribution in [-0.2, 0) is 17.4 Å². The molecule has 3 rings (SSSR count). The Hall–Kier alpha value is -2.75. The van der Waals surface area contributed by atoms with Crippen molar-refractivity contribution >= 4 is 29.0 Å². The molecule has 0 saturated heterocycles. The average molecular weight is 402 g/mol. The third kappa shape index (κ3) is 3.85. The molecule has 1 amide bonds. The SMILES string of the molecule is Cc1nc2nc(C(F)(F)F)nn2c(C)c1CC(=O)Nc1cc(Cl)ccc1F. The van der Waals surface area contributed by atoms with Crippen LogP contribution in [0.15, 0.2) is 18.2 Å². The molecule has 27 heavy (non-hydrogen) atoms. The highest BCUT2D eigenvalue weighted by molar-refractivity contribution is 6.30. The monoisotopic (exact) mass is 401 g/mol. The molecule has 0 saturated carbocycles. The molecular formula is C16H12ClF4N5O. The molecule has 0 unspecified atom stereocenters. The average Bonchev–Trinajstić information content (AvgIpc) is 2.99. The van der Waals surface area contributed by atoms with Gasteiger partial charge in [0.25, 0.3) is 11.6 Å². The quantitative estimate of drug-likeness (QED) is 0.679. The minimum atomic E-state index is -4.71. The Morgan fingerprint density at radius 1 is 1.26 bits per heavy atom. The first-order valence-corrected chi connectivity index (χ1v) is 7.99. The van der Waals surface area contributed by atoms with Gasteiger partial charge in [-0.25, -0.2) is 13.9 Å². The van der Waals surface area contributed by atoms with Crippen LogP contribution in [-0.4, -0.2) is 25.5 Å². The molecular weight excluding hydrogens is 390 g/mol. The highest BCUT2D eigenvalue weighted by Crippen LogP contribution is 2.27. The number of halogens is 5. The van der Waals surface area contributed by atoms with Gasteiger partial charge < -0.3 is 5.32 Å². The van der Waals surface area contributed by atoms with Crippen LogP contribution in [0.2, 0.25) is 5.02 Å². The van der Waals surface area contributed by atoms with E-state index in [4.69, 9.17) is 11.6 Å². The lowest BCUT2D eigenvalue weighted by Crippen LogP contribution is -2.18. The van der Waals surface area contributed by atoms with Crippen molar-refractivity contribution in [1.29, 1.82) is 0 Å². The van der Waals surface area contributed by atoms with Crippen molar-refractivity contribution in [3.63, 3.8) is 0 Å². The molecule has 1 aromatic carbocycles. The molecule has 0 atom stereocenters. The molecule has 0 aliphatic heterocycles. The third-order valence-electron chi connectivity index (χ3n) is 3.84. The van der Waals surface area contributed by atoms with Crippen molar-refractivity contribution < 1.29 is 22.4 Å². The Bertz CT molecular complexity index is 1050. The van der Waals surface area contributed by atoms with Crippen molar-refractivity contribution in [1.82, 2.24) is 19.6 Å². The van der Waals surface area contributed by atoms with E-state index in [0.29, 0.717) is 11.3 Å². The summed E-state index contributed by atoms with van der Waals surface area (Å²) in [7, 11) is 0. The van der Waals surface area contributed by atoms with Gasteiger partial charge in [0, 0.05) is 22.0 Å². The summed E-state index contributed by atoms with van der Waals surface area (Å²) in [6, 6.07) is 3.70. The van der Waals surface area contributed by atoms with Crippen molar-refractivity contribution in [3.8, 4) is 0 Å². The summed E-state index contributed by atoms with van der Waals surface area (Å²) >= 11 is 5.78. The molecule has 0 aliphatic carbocycles. The summed E-state index contributed by atoms with van der Waals surface area (Å²) in [6.45, 7) is 3.04. The van der Waals surface area contributed by atoms with Crippen LogP contribution in [0.1, 0.15) is 22.8 Å². The Balaban J connectivity index is 1.92. The van der Waals surface area contributed by atoms with Gasteiger partial charge in [0.15, 0.2) is 0 Å². The van der Waals surface area contributed by atoms with Gasteiger partial charge in [-0.2, -0.15) is 18.2 Å². The lowest BCUT2D eigenvalue weighted by atomic mass is 10.1. The molecule has 6 nitrogen and oxygen atoms in total. The number of fused-ring (bicyclic) bond motifs is 1. The zero-order valence-corrected chi connectivity index (χ0v) is 14.8. The van der Waals surface area contributed by atoms with Crippen molar-refractivity contribution in [2.75, 3.05) is 5.32 Å². The number of benzene rings is 1. The molecule has 1 N–H and O–H groups in total. The van der Waals surface area contributed by atoms with Crippen LogP contribution in [0.3, 0.4) is 0 Å². The predicted octanol–water partition coefficient (Wildman–Crippen LogP) is 3.73. The highest BCUT2D eigenvalue weighted by atomic mass is 35.5. The summed E-state index contributed by atoms with van der Waals surface area (Å²) in [5, 5.41) is 6.03. The number of nitrogens with one attached hydrogen (secondary N) is 1. The minimum absolute atomic E-state index is 0.100. The minimum Gasteiger partial charge on any atom is -0.323 e. The molecule has 0 radical (unpaired) electrons. The van der Waals surface area contributed by atoms with Crippen molar-refractivity contribution in [2.45, 2.75) is 26.4 Å². The maximum Gasteiger partial charge on any atom is 0.453 e. The zero-order chi connectivity index (χ0) is 19.9. The molecule has 142 valence electrons. The van der Waals surface area contributed by atoms with Gasteiger partial charge in [-0.1, -0.05) is 11.6 Å². The molecule has 0 spiro atoms. The van der Waals surface area contributed by atoms with Gasteiger partial charge in [-0.15, -0.1) is 5.10 Å². The van der Waals surface area contributed by atoms with Gasteiger partial charge in [0.05, 0.1) is 12.1 Å². The van der Waals surface area contributed by atoms with E-state index >= 15 is 0 Å². The number of carbonyl (C=O) groups excluding carboxylic acids is 1. The number of aryl methyl sites for hydroxylation is 2. The van der Waals surface area contributed by atoms with Crippen LogP contribution in [0, 0.1) is 19.7 Å². The van der Waals surface area contributed by atoms with E-state index in [1.807, 2.05) is 0 Å². The molecule has 2 aromatic heterocycles. The number of carbonyl (C=O) groups is 1. The van der Waals surface area contributed by atoms with E-state index in [0.717, 1.165) is 10.6 Å². The number of hydrogen-bond acceptors (Lipinski definition) is 4. The van der Waals surface area contributed by atoms with E-state index < -0.39 is 23.7 Å². The maximum atomic E-state index is 13.7. The standard InChI is InChI=1S/C16H12ClF4N5O/c1-7-10(6-13(27)23-12-5-9(17)3-4-11(12)18)8(2)26-15(22-7)24-14(25-26)16(19,20)21/h3-5H,6H2,1-2H3,(H,23,27). The van der Waals surface area contributed by atoms with E-state index in [9.17, 15) is 22.4 Å². The number of amides is 1. The van der Waals surface area contributed by atoms with Gasteiger partial charge in [-0.3, -0.25) is 4.79 Å². The fourth-order valence-electron chi connectivity index (χ4n) is 2.53. The van der Waals surface area contributed by atoms with Crippen LogP contribution in [0.5, 0.6) is 0 Å². The fraction of sp³-hybridized carbons (Fsp3) is 0.250. The second kappa shape index (κ2) is 6.76. The summed E-state index contributed by atoms with van der Waals surface area (Å²) in [5.74, 6) is -2.79. The van der Waals surface area contributed by atoms with Crippen LogP contribution in [0.25, 0.3) is 5.78 Å². The summed E-state index contributed by atoms with van der Waals surface area (Å²) < 4.78 is 53.1. The van der Waals surface area contributed by atoms with Crippen LogP contribution in [0.4, 0.5) is 23.2 Å². The van der Waals surface area contributed by atoms with E-state index in [2.05, 4.69) is 20.4 Å². The van der Waals surface area contributed by atoms with Crippen molar-refractivity contribution in [2.24, 2.45) is 0 Å². The number of rotatable bonds is 3. The first kappa shape index (κ1) is 19.0. The van der Waals surface area contributed by atoms with E-state index in [-0.39, 0.29) is 28.6 Å². The lowest BCUT2D eigenvalue weighted by molar-refractivity contribution is -0.144. The normalized spacial score (nSPS) is 11.8. The predicted molar refractivity (Wildman–Crippen MR) is 89.0 cm³/mol. The summed E-state index contributed by atoms with van der Waals surface area (Å²) in [5.41, 5.74) is 0.864. The first-order chi connectivity index (χ1) is 12.6. The molecule has 0 fully saturated rings.